The molecular weight excluding hydrogens is 315 g/mol. The Morgan fingerprint density at radius 1 is 1.39 bits per heavy atom. The van der Waals surface area contributed by atoms with Gasteiger partial charge in [0.15, 0.2) is 0 Å². The number of benzene rings is 1. The molecule has 0 amide bonds. The number of ketones is 1. The van der Waals surface area contributed by atoms with Gasteiger partial charge in [-0.1, -0.05) is 0 Å². The Hall–Kier alpha value is -0.646. The molecule has 0 unspecified atom stereocenters. The Morgan fingerprint density at radius 2 is 2.00 bits per heavy atom. The van der Waals surface area contributed by atoms with Crippen LogP contribution in [0.4, 0.5) is 8.78 Å². The van der Waals surface area contributed by atoms with Crippen LogP contribution in [0, 0.1) is 17.7 Å². The molecule has 6 heteroatoms. The summed E-state index contributed by atoms with van der Waals surface area (Å²) >= 11 is 0. The molecule has 0 atom stereocenters. The average Bonchev–Trinajstić information content (AvgIpc) is 2.28. The van der Waals surface area contributed by atoms with Crippen molar-refractivity contribution in [2.45, 2.75) is 6.92 Å². The largest absolute Gasteiger partial charge is 0.326 e. The van der Waals surface area contributed by atoms with Crippen molar-refractivity contribution < 1.29 is 46.3 Å². The second-order valence-corrected chi connectivity index (χ2v) is 3.71. The Labute approximate surface area is 130 Å². The SMILES string of the molecule is C/C(=C\NN(C)C)C(=O)c1c[c-]cc(F)c1F.[Y]. The smallest absolute Gasteiger partial charge is 0.138 e. The molecule has 0 aromatic heterocycles. The van der Waals surface area contributed by atoms with Gasteiger partial charge in [-0.3, -0.25) is 4.39 Å². The van der Waals surface area contributed by atoms with Crippen molar-refractivity contribution >= 4 is 5.78 Å². The van der Waals surface area contributed by atoms with Crippen LogP contribution < -0.4 is 5.43 Å². The number of carbonyl (C=O) groups is 1. The van der Waals surface area contributed by atoms with Gasteiger partial charge in [0, 0.05) is 64.4 Å². The molecule has 0 fully saturated rings. The van der Waals surface area contributed by atoms with Crippen molar-refractivity contribution in [1.82, 2.24) is 10.4 Å². The van der Waals surface area contributed by atoms with Crippen molar-refractivity contribution in [3.05, 3.63) is 47.2 Å². The van der Waals surface area contributed by atoms with E-state index >= 15 is 0 Å². The fourth-order valence-corrected chi connectivity index (χ4v) is 1.12. The van der Waals surface area contributed by atoms with Crippen LogP contribution in [0.1, 0.15) is 17.3 Å². The number of nitrogens with one attached hydrogen (secondary N) is 1. The van der Waals surface area contributed by atoms with Gasteiger partial charge in [0.1, 0.15) is 5.78 Å². The third-order valence-electron chi connectivity index (χ3n) is 2.03. The molecule has 95 valence electrons. The number of allylic oxidation sites excluding steroid dienone is 1. The number of carbonyl (C=O) groups excluding carboxylic acids is 1. The number of nitrogens with zero attached hydrogens (tertiary/aromatic N) is 1. The summed E-state index contributed by atoms with van der Waals surface area (Å²) in [4.78, 5) is 11.8. The molecule has 0 saturated carbocycles. The van der Waals surface area contributed by atoms with Crippen LogP contribution >= 0.6 is 0 Å². The summed E-state index contributed by atoms with van der Waals surface area (Å²) in [5.41, 5.74) is 2.71. The number of hydrogen-bond donors (Lipinski definition) is 1. The van der Waals surface area contributed by atoms with Crippen LogP contribution in [0.3, 0.4) is 0 Å². The number of halogens is 2. The van der Waals surface area contributed by atoms with E-state index in [0.29, 0.717) is 0 Å². The van der Waals surface area contributed by atoms with E-state index in [4.69, 9.17) is 0 Å². The van der Waals surface area contributed by atoms with Crippen LogP contribution in [0.25, 0.3) is 0 Å². The molecule has 0 bridgehead atoms. The van der Waals surface area contributed by atoms with Crippen LogP contribution in [0.5, 0.6) is 0 Å². The zero-order valence-corrected chi connectivity index (χ0v) is 13.3. The Bertz CT molecular complexity index is 461. The van der Waals surface area contributed by atoms with Gasteiger partial charge in [-0.25, -0.2) is 9.40 Å². The van der Waals surface area contributed by atoms with E-state index in [2.05, 4.69) is 11.5 Å². The van der Waals surface area contributed by atoms with Gasteiger partial charge in [-0.15, -0.1) is 6.07 Å². The number of rotatable bonds is 4. The van der Waals surface area contributed by atoms with E-state index in [-0.39, 0.29) is 43.8 Å². The molecule has 0 spiro atoms. The summed E-state index contributed by atoms with van der Waals surface area (Å²) in [6.45, 7) is 1.52. The zero-order valence-electron chi connectivity index (χ0n) is 10.4. The number of hydrogen-bond acceptors (Lipinski definition) is 3. The molecule has 0 aliphatic heterocycles. The standard InChI is InChI=1S/C12H13F2N2O.Y/c1-8(7-15-16(2)3)12(17)9-5-4-6-10(13)11(9)14;/h5-7,15H,1-3H3;/q-1;/b8-7+;. The minimum absolute atomic E-state index is 0. The zero-order chi connectivity index (χ0) is 13.0. The molecule has 1 rings (SSSR count). The van der Waals surface area contributed by atoms with Gasteiger partial charge in [-0.05, 0) is 12.5 Å². The van der Waals surface area contributed by atoms with Gasteiger partial charge >= 0.3 is 0 Å². The normalized spacial score (nSPS) is 11.1. The molecular formula is C12H13F2N2OY-. The summed E-state index contributed by atoms with van der Waals surface area (Å²) in [6.07, 6.45) is 1.42. The van der Waals surface area contributed by atoms with Crippen molar-refractivity contribution in [1.29, 1.82) is 0 Å². The fourth-order valence-electron chi connectivity index (χ4n) is 1.12. The molecule has 1 radical (unpaired) electrons. The predicted octanol–water partition coefficient (Wildman–Crippen LogP) is 1.92. The van der Waals surface area contributed by atoms with Crippen LogP contribution in [0.15, 0.2) is 23.9 Å². The molecule has 0 aliphatic carbocycles. The van der Waals surface area contributed by atoms with E-state index < -0.39 is 17.4 Å². The first-order valence-corrected chi connectivity index (χ1v) is 4.93. The van der Waals surface area contributed by atoms with Crippen molar-refractivity contribution in [2.24, 2.45) is 0 Å². The van der Waals surface area contributed by atoms with Crippen molar-refractivity contribution in [3.8, 4) is 0 Å². The summed E-state index contributed by atoms with van der Waals surface area (Å²) in [7, 11) is 3.48. The van der Waals surface area contributed by atoms with Gasteiger partial charge < -0.3 is 10.2 Å². The van der Waals surface area contributed by atoms with Crippen LogP contribution in [0.2, 0.25) is 0 Å². The molecule has 3 nitrogen and oxygen atoms in total. The Balaban J connectivity index is 0.00000289. The average molecular weight is 328 g/mol. The first-order chi connectivity index (χ1) is 7.93. The third-order valence-corrected chi connectivity index (χ3v) is 2.03. The summed E-state index contributed by atoms with van der Waals surface area (Å²) < 4.78 is 26.3. The summed E-state index contributed by atoms with van der Waals surface area (Å²) in [5.74, 6) is -2.80. The van der Waals surface area contributed by atoms with Crippen LogP contribution in [-0.4, -0.2) is 24.9 Å². The molecule has 1 aromatic rings. The maximum Gasteiger partial charge on any atom is 0.138 e. The molecule has 18 heavy (non-hydrogen) atoms. The number of hydrazine groups is 1. The van der Waals surface area contributed by atoms with E-state index in [0.717, 1.165) is 12.1 Å². The molecule has 0 saturated heterocycles. The minimum atomic E-state index is -1.15. The number of Topliss-reactive ketones (excluding diaryl/α,β-unsaturated/α-hetero) is 1. The first-order valence-electron chi connectivity index (χ1n) is 4.93. The maximum absolute atomic E-state index is 13.3. The molecule has 1 N–H and O–H groups in total. The quantitative estimate of drug-likeness (QED) is 0.397. The Kier molecular flexibility index (Phi) is 7.44. The van der Waals surface area contributed by atoms with Crippen LogP contribution in [-0.2, 0) is 32.7 Å². The van der Waals surface area contributed by atoms with Gasteiger partial charge in [0.05, 0.1) is 5.82 Å². The fraction of sp³-hybridized carbons (Fsp3) is 0.250. The van der Waals surface area contributed by atoms with E-state index in [1.165, 1.54) is 13.1 Å². The van der Waals surface area contributed by atoms with Gasteiger partial charge in [0.2, 0.25) is 0 Å². The summed E-state index contributed by atoms with van der Waals surface area (Å²) in [5, 5.41) is 1.62. The van der Waals surface area contributed by atoms with Gasteiger partial charge in [-0.2, -0.15) is 12.1 Å². The second kappa shape index (κ2) is 7.72. The van der Waals surface area contributed by atoms with Crippen molar-refractivity contribution in [3.63, 3.8) is 0 Å². The predicted molar refractivity (Wildman–Crippen MR) is 60.1 cm³/mol. The molecule has 1 aromatic carbocycles. The van der Waals surface area contributed by atoms with Gasteiger partial charge in [0.25, 0.3) is 0 Å². The second-order valence-electron chi connectivity index (χ2n) is 3.71. The first kappa shape index (κ1) is 17.4. The monoisotopic (exact) mass is 328 g/mol. The van der Waals surface area contributed by atoms with E-state index in [9.17, 15) is 13.6 Å². The Morgan fingerprint density at radius 3 is 2.56 bits per heavy atom. The van der Waals surface area contributed by atoms with E-state index in [1.807, 2.05) is 0 Å². The van der Waals surface area contributed by atoms with E-state index in [1.54, 1.807) is 19.1 Å². The topological polar surface area (TPSA) is 32.3 Å². The minimum Gasteiger partial charge on any atom is -0.326 e. The van der Waals surface area contributed by atoms with Crippen molar-refractivity contribution in [2.75, 3.05) is 14.1 Å². The third kappa shape index (κ3) is 4.55. The molecule has 0 heterocycles. The summed E-state index contributed by atoms with van der Waals surface area (Å²) in [6, 6.07) is 4.36. The molecule has 0 aliphatic rings. The maximum atomic E-state index is 13.3.